The van der Waals surface area contributed by atoms with Crippen LogP contribution in [0.2, 0.25) is 0 Å². The SMILES string of the molecule is CCN1CCC(COC2CC(NC(C)C)C2)CC1. The molecule has 0 amide bonds. The van der Waals surface area contributed by atoms with Crippen molar-refractivity contribution in [3.63, 3.8) is 0 Å². The summed E-state index contributed by atoms with van der Waals surface area (Å²) >= 11 is 0. The van der Waals surface area contributed by atoms with Gasteiger partial charge in [0.2, 0.25) is 0 Å². The molecule has 1 aliphatic heterocycles. The minimum atomic E-state index is 0.533. The Morgan fingerprint density at radius 2 is 1.89 bits per heavy atom. The van der Waals surface area contributed by atoms with Crippen LogP contribution in [-0.4, -0.2) is 49.3 Å². The van der Waals surface area contributed by atoms with Gasteiger partial charge >= 0.3 is 0 Å². The normalized spacial score (nSPS) is 30.7. The van der Waals surface area contributed by atoms with Gasteiger partial charge in [-0.1, -0.05) is 20.8 Å². The Balaban J connectivity index is 1.52. The summed E-state index contributed by atoms with van der Waals surface area (Å²) in [7, 11) is 0. The maximum absolute atomic E-state index is 6.04. The van der Waals surface area contributed by atoms with Crippen molar-refractivity contribution in [2.75, 3.05) is 26.2 Å². The van der Waals surface area contributed by atoms with Crippen LogP contribution in [0, 0.1) is 5.92 Å². The Morgan fingerprint density at radius 3 is 2.44 bits per heavy atom. The summed E-state index contributed by atoms with van der Waals surface area (Å²) in [6.07, 6.45) is 5.62. The van der Waals surface area contributed by atoms with Crippen molar-refractivity contribution >= 4 is 0 Å². The first-order valence-corrected chi connectivity index (χ1v) is 7.77. The monoisotopic (exact) mass is 254 g/mol. The Hall–Kier alpha value is -0.120. The molecule has 0 atom stereocenters. The molecule has 1 saturated carbocycles. The molecule has 0 aromatic carbocycles. The van der Waals surface area contributed by atoms with E-state index in [1.165, 1.54) is 45.3 Å². The summed E-state index contributed by atoms with van der Waals surface area (Å²) in [4.78, 5) is 2.54. The molecule has 1 aliphatic carbocycles. The average molecular weight is 254 g/mol. The molecule has 0 unspecified atom stereocenters. The molecule has 3 nitrogen and oxygen atoms in total. The molecule has 3 heteroatoms. The summed E-state index contributed by atoms with van der Waals surface area (Å²) in [5.74, 6) is 0.810. The molecule has 1 N–H and O–H groups in total. The maximum Gasteiger partial charge on any atom is 0.0605 e. The van der Waals surface area contributed by atoms with Crippen LogP contribution in [0.1, 0.15) is 46.5 Å². The van der Waals surface area contributed by atoms with Crippen LogP contribution in [-0.2, 0) is 4.74 Å². The third-order valence-electron chi connectivity index (χ3n) is 4.39. The van der Waals surface area contributed by atoms with Gasteiger partial charge < -0.3 is 15.0 Å². The number of piperidine rings is 1. The maximum atomic E-state index is 6.04. The first-order valence-electron chi connectivity index (χ1n) is 7.77. The van der Waals surface area contributed by atoms with Crippen molar-refractivity contribution in [3.05, 3.63) is 0 Å². The standard InChI is InChI=1S/C15H30N2O/c1-4-17-7-5-13(6-8-17)11-18-15-9-14(10-15)16-12(2)3/h12-16H,4-11H2,1-3H3. The zero-order valence-corrected chi connectivity index (χ0v) is 12.3. The number of nitrogens with zero attached hydrogens (tertiary/aromatic N) is 1. The summed E-state index contributed by atoms with van der Waals surface area (Å²) < 4.78 is 6.04. The highest BCUT2D eigenvalue weighted by molar-refractivity contribution is 4.87. The fraction of sp³-hybridized carbons (Fsp3) is 1.00. The highest BCUT2D eigenvalue weighted by atomic mass is 16.5. The molecule has 18 heavy (non-hydrogen) atoms. The third-order valence-corrected chi connectivity index (χ3v) is 4.39. The molecular weight excluding hydrogens is 224 g/mol. The lowest BCUT2D eigenvalue weighted by molar-refractivity contribution is -0.0413. The average Bonchev–Trinajstić information content (AvgIpc) is 2.32. The number of rotatable bonds is 6. The first-order chi connectivity index (χ1) is 8.67. The zero-order valence-electron chi connectivity index (χ0n) is 12.3. The van der Waals surface area contributed by atoms with E-state index in [0.29, 0.717) is 18.2 Å². The van der Waals surface area contributed by atoms with Crippen molar-refractivity contribution in [1.82, 2.24) is 10.2 Å². The van der Waals surface area contributed by atoms with Gasteiger partial charge in [0, 0.05) is 18.7 Å². The van der Waals surface area contributed by atoms with E-state index in [2.05, 4.69) is 31.0 Å². The van der Waals surface area contributed by atoms with E-state index < -0.39 is 0 Å². The van der Waals surface area contributed by atoms with Crippen LogP contribution >= 0.6 is 0 Å². The summed E-state index contributed by atoms with van der Waals surface area (Å²) in [6.45, 7) is 11.4. The summed E-state index contributed by atoms with van der Waals surface area (Å²) in [5, 5.41) is 3.57. The molecule has 0 bridgehead atoms. The van der Waals surface area contributed by atoms with Crippen LogP contribution in [0.4, 0.5) is 0 Å². The molecule has 0 radical (unpaired) electrons. The van der Waals surface area contributed by atoms with Gasteiger partial charge in [-0.2, -0.15) is 0 Å². The van der Waals surface area contributed by atoms with Crippen LogP contribution in [0.3, 0.4) is 0 Å². The molecule has 0 spiro atoms. The quantitative estimate of drug-likeness (QED) is 0.787. The number of hydrogen-bond donors (Lipinski definition) is 1. The van der Waals surface area contributed by atoms with Crippen molar-refractivity contribution < 1.29 is 4.74 Å². The van der Waals surface area contributed by atoms with Gasteiger partial charge in [0.05, 0.1) is 6.10 Å². The van der Waals surface area contributed by atoms with Gasteiger partial charge in [0.1, 0.15) is 0 Å². The predicted octanol–water partition coefficient (Wildman–Crippen LogP) is 2.26. The zero-order chi connectivity index (χ0) is 13.0. The summed E-state index contributed by atoms with van der Waals surface area (Å²) in [5.41, 5.74) is 0. The molecule has 2 rings (SSSR count). The fourth-order valence-electron chi connectivity index (χ4n) is 3.05. The topological polar surface area (TPSA) is 24.5 Å². The van der Waals surface area contributed by atoms with E-state index >= 15 is 0 Å². The third kappa shape index (κ3) is 4.22. The number of nitrogens with one attached hydrogen (secondary N) is 1. The van der Waals surface area contributed by atoms with E-state index in [4.69, 9.17) is 4.74 Å². The lowest BCUT2D eigenvalue weighted by Gasteiger charge is -2.38. The molecule has 0 aromatic rings. The molecule has 1 heterocycles. The van der Waals surface area contributed by atoms with Gasteiger partial charge in [-0.3, -0.25) is 0 Å². The van der Waals surface area contributed by atoms with E-state index in [1.54, 1.807) is 0 Å². The number of hydrogen-bond acceptors (Lipinski definition) is 3. The molecule has 0 aromatic heterocycles. The lowest BCUT2D eigenvalue weighted by atomic mass is 9.88. The highest BCUT2D eigenvalue weighted by Gasteiger charge is 2.30. The van der Waals surface area contributed by atoms with E-state index in [1.807, 2.05) is 0 Å². The van der Waals surface area contributed by atoms with Crippen LogP contribution in [0.15, 0.2) is 0 Å². The van der Waals surface area contributed by atoms with E-state index in [9.17, 15) is 0 Å². The molecule has 106 valence electrons. The largest absolute Gasteiger partial charge is 0.378 e. The van der Waals surface area contributed by atoms with Gasteiger partial charge in [0.25, 0.3) is 0 Å². The smallest absolute Gasteiger partial charge is 0.0605 e. The Bertz CT molecular complexity index is 231. The van der Waals surface area contributed by atoms with Crippen molar-refractivity contribution in [2.24, 2.45) is 5.92 Å². The second-order valence-corrected chi connectivity index (χ2v) is 6.32. The van der Waals surface area contributed by atoms with Crippen molar-refractivity contribution in [3.8, 4) is 0 Å². The second-order valence-electron chi connectivity index (χ2n) is 6.32. The Labute approximate surface area is 112 Å². The second kappa shape index (κ2) is 6.88. The molecule has 2 aliphatic rings. The van der Waals surface area contributed by atoms with Crippen molar-refractivity contribution in [2.45, 2.75) is 64.6 Å². The van der Waals surface area contributed by atoms with E-state index in [0.717, 1.165) is 12.5 Å². The van der Waals surface area contributed by atoms with Crippen LogP contribution < -0.4 is 5.32 Å². The van der Waals surface area contributed by atoms with E-state index in [-0.39, 0.29) is 0 Å². The molecule has 1 saturated heterocycles. The molecular formula is C15H30N2O. The van der Waals surface area contributed by atoms with Crippen LogP contribution in [0.25, 0.3) is 0 Å². The molecule has 2 fully saturated rings. The van der Waals surface area contributed by atoms with Crippen LogP contribution in [0.5, 0.6) is 0 Å². The Kier molecular flexibility index (Phi) is 5.46. The van der Waals surface area contributed by atoms with Gasteiger partial charge in [-0.05, 0) is 51.2 Å². The fourth-order valence-corrected chi connectivity index (χ4v) is 3.05. The summed E-state index contributed by atoms with van der Waals surface area (Å²) in [6, 6.07) is 1.31. The number of likely N-dealkylation sites (tertiary alicyclic amines) is 1. The Morgan fingerprint density at radius 1 is 1.22 bits per heavy atom. The minimum absolute atomic E-state index is 0.533. The predicted molar refractivity (Wildman–Crippen MR) is 75.9 cm³/mol. The van der Waals surface area contributed by atoms with Crippen molar-refractivity contribution in [1.29, 1.82) is 0 Å². The lowest BCUT2D eigenvalue weighted by Crippen LogP contribution is -2.48. The van der Waals surface area contributed by atoms with Gasteiger partial charge in [-0.25, -0.2) is 0 Å². The van der Waals surface area contributed by atoms with Gasteiger partial charge in [-0.15, -0.1) is 0 Å². The highest BCUT2D eigenvalue weighted by Crippen LogP contribution is 2.26. The first kappa shape index (κ1) is 14.3. The number of ether oxygens (including phenoxy) is 1. The van der Waals surface area contributed by atoms with Gasteiger partial charge in [0.15, 0.2) is 0 Å². The minimum Gasteiger partial charge on any atom is -0.378 e.